The molecular formula is C25H22Cl4O6. The summed E-state index contributed by atoms with van der Waals surface area (Å²) in [6.07, 6.45) is 5.83. The van der Waals surface area contributed by atoms with Crippen molar-refractivity contribution < 1.29 is 30.3 Å². The molecule has 35 heavy (non-hydrogen) atoms. The van der Waals surface area contributed by atoms with Crippen LogP contribution in [0.4, 0.5) is 0 Å². The number of aliphatic hydroxyl groups is 2. The number of ether oxygens (including phenoxy) is 1. The summed E-state index contributed by atoms with van der Waals surface area (Å²) in [5, 5.41) is 51.3. The summed E-state index contributed by atoms with van der Waals surface area (Å²) in [7, 11) is 0. The SMILES string of the molecule is OC1=CC(C/C(Cl)=C\Cc2cc(O)c(Cl)cc2O)CC(O)=C1Oc1cc(C/C=C/Cl)c(O)cc1Cl. The van der Waals surface area contributed by atoms with Crippen molar-refractivity contribution in [3.05, 3.63) is 91.5 Å². The first-order chi connectivity index (χ1) is 16.6. The third-order valence-electron chi connectivity index (χ3n) is 5.26. The lowest BCUT2D eigenvalue weighted by Gasteiger charge is -2.22. The number of benzene rings is 2. The van der Waals surface area contributed by atoms with Gasteiger partial charge in [0, 0.05) is 40.2 Å². The van der Waals surface area contributed by atoms with Crippen molar-refractivity contribution in [1.82, 2.24) is 0 Å². The molecule has 0 amide bonds. The summed E-state index contributed by atoms with van der Waals surface area (Å²) in [5.41, 5.74) is 2.26. The van der Waals surface area contributed by atoms with Gasteiger partial charge in [0.1, 0.15) is 28.8 Å². The van der Waals surface area contributed by atoms with E-state index >= 15 is 0 Å². The normalized spacial score (nSPS) is 16.6. The quantitative estimate of drug-likeness (QED) is 0.211. The Hall–Kier alpha value is -2.64. The Balaban J connectivity index is 1.70. The van der Waals surface area contributed by atoms with Crippen LogP contribution in [0.3, 0.4) is 0 Å². The summed E-state index contributed by atoms with van der Waals surface area (Å²) < 4.78 is 5.68. The second kappa shape index (κ2) is 11.9. The van der Waals surface area contributed by atoms with Crippen molar-refractivity contribution in [2.45, 2.75) is 25.7 Å². The molecule has 0 heterocycles. The number of hydrogen-bond donors (Lipinski definition) is 5. The summed E-state index contributed by atoms with van der Waals surface area (Å²) in [6.45, 7) is 0. The fourth-order valence-corrected chi connectivity index (χ4v) is 4.23. The Labute approximate surface area is 222 Å². The van der Waals surface area contributed by atoms with Crippen LogP contribution in [-0.2, 0) is 12.8 Å². The lowest BCUT2D eigenvalue weighted by atomic mass is 9.93. The van der Waals surface area contributed by atoms with Crippen LogP contribution in [0.25, 0.3) is 0 Å². The molecule has 0 aromatic heterocycles. The van der Waals surface area contributed by atoms with E-state index in [0.717, 1.165) is 0 Å². The van der Waals surface area contributed by atoms with Crippen molar-refractivity contribution in [1.29, 1.82) is 0 Å². The van der Waals surface area contributed by atoms with Crippen LogP contribution in [0.1, 0.15) is 24.0 Å². The van der Waals surface area contributed by atoms with Crippen molar-refractivity contribution >= 4 is 46.4 Å². The Morgan fingerprint density at radius 1 is 0.914 bits per heavy atom. The summed E-state index contributed by atoms with van der Waals surface area (Å²) in [4.78, 5) is 0. The Morgan fingerprint density at radius 3 is 2.23 bits per heavy atom. The molecule has 0 radical (unpaired) electrons. The van der Waals surface area contributed by atoms with Gasteiger partial charge in [-0.2, -0.15) is 0 Å². The second-order valence-electron chi connectivity index (χ2n) is 7.86. The zero-order valence-electron chi connectivity index (χ0n) is 18.2. The molecule has 10 heteroatoms. The molecule has 186 valence electrons. The van der Waals surface area contributed by atoms with Gasteiger partial charge in [-0.3, -0.25) is 0 Å². The monoisotopic (exact) mass is 558 g/mol. The van der Waals surface area contributed by atoms with Crippen LogP contribution in [0.5, 0.6) is 23.0 Å². The van der Waals surface area contributed by atoms with E-state index in [0.29, 0.717) is 29.0 Å². The lowest BCUT2D eigenvalue weighted by molar-refractivity contribution is 0.262. The van der Waals surface area contributed by atoms with Crippen molar-refractivity contribution in [3.63, 3.8) is 0 Å². The van der Waals surface area contributed by atoms with Gasteiger partial charge >= 0.3 is 0 Å². The first-order valence-corrected chi connectivity index (χ1v) is 12.0. The molecule has 2 aromatic rings. The number of phenols is 3. The average molecular weight is 560 g/mol. The van der Waals surface area contributed by atoms with E-state index in [2.05, 4.69) is 0 Å². The minimum Gasteiger partial charge on any atom is -0.508 e. The fraction of sp³-hybridized carbons (Fsp3) is 0.200. The maximum atomic E-state index is 10.5. The maximum absolute atomic E-state index is 10.5. The third-order valence-corrected chi connectivity index (χ3v) is 6.35. The molecule has 0 saturated heterocycles. The molecule has 1 unspecified atom stereocenters. The van der Waals surface area contributed by atoms with E-state index in [1.54, 1.807) is 12.2 Å². The standard InChI is InChI=1S/C25H22Cl4O6/c26-5-1-2-14-10-24(18(29)12-20(14)31)35-25-22(33)7-13(8-23(25)34)6-16(27)4-3-15-9-21(32)17(28)11-19(15)30/h1,4-5,7,9-13,30-34H,2-3,6,8H2/b5-1+,16-4+. The topological polar surface area (TPSA) is 110 Å². The highest BCUT2D eigenvalue weighted by Crippen LogP contribution is 2.38. The average Bonchev–Trinajstić information content (AvgIpc) is 2.78. The molecule has 0 saturated carbocycles. The van der Waals surface area contributed by atoms with E-state index in [9.17, 15) is 25.5 Å². The van der Waals surface area contributed by atoms with E-state index in [-0.39, 0.29) is 69.1 Å². The first-order valence-electron chi connectivity index (χ1n) is 10.4. The zero-order valence-corrected chi connectivity index (χ0v) is 21.2. The molecule has 0 spiro atoms. The van der Waals surface area contributed by atoms with Gasteiger partial charge in [0.15, 0.2) is 5.76 Å². The van der Waals surface area contributed by atoms with Crippen LogP contribution < -0.4 is 4.74 Å². The number of aromatic hydroxyl groups is 3. The molecule has 0 fully saturated rings. The Kier molecular flexibility index (Phi) is 9.14. The Morgan fingerprint density at radius 2 is 1.57 bits per heavy atom. The molecule has 3 rings (SSSR count). The number of phenolic OH excluding ortho intramolecular Hbond substituents is 3. The Bertz CT molecular complexity index is 1230. The smallest absolute Gasteiger partial charge is 0.206 e. The highest BCUT2D eigenvalue weighted by Gasteiger charge is 2.25. The zero-order chi connectivity index (χ0) is 25.7. The van der Waals surface area contributed by atoms with E-state index in [1.807, 2.05) is 0 Å². The highest BCUT2D eigenvalue weighted by atomic mass is 35.5. The van der Waals surface area contributed by atoms with Gasteiger partial charge in [-0.1, -0.05) is 58.6 Å². The number of rotatable bonds is 8. The minimum absolute atomic E-state index is 0.0395. The molecule has 0 bridgehead atoms. The predicted octanol–water partition coefficient (Wildman–Crippen LogP) is 7.77. The molecular weight excluding hydrogens is 538 g/mol. The third kappa shape index (κ3) is 6.95. The van der Waals surface area contributed by atoms with Crippen molar-refractivity contribution in [2.24, 2.45) is 5.92 Å². The molecule has 1 aliphatic carbocycles. The van der Waals surface area contributed by atoms with Crippen LogP contribution in [-0.4, -0.2) is 25.5 Å². The minimum atomic E-state index is -0.321. The first kappa shape index (κ1) is 27.0. The number of allylic oxidation sites excluding steroid dienone is 5. The second-order valence-corrected chi connectivity index (χ2v) is 9.41. The maximum Gasteiger partial charge on any atom is 0.206 e. The number of aliphatic hydroxyl groups excluding tert-OH is 2. The molecule has 6 nitrogen and oxygen atoms in total. The molecule has 2 aromatic carbocycles. The summed E-state index contributed by atoms with van der Waals surface area (Å²) >= 11 is 23.8. The predicted molar refractivity (Wildman–Crippen MR) is 138 cm³/mol. The van der Waals surface area contributed by atoms with Gasteiger partial charge in [-0.25, -0.2) is 0 Å². The lowest BCUT2D eigenvalue weighted by Crippen LogP contribution is -2.14. The van der Waals surface area contributed by atoms with Crippen molar-refractivity contribution in [3.8, 4) is 23.0 Å². The van der Waals surface area contributed by atoms with Gasteiger partial charge in [0.05, 0.1) is 10.0 Å². The molecule has 1 aliphatic rings. The largest absolute Gasteiger partial charge is 0.508 e. The molecule has 1 atom stereocenters. The van der Waals surface area contributed by atoms with Gasteiger partial charge in [-0.15, -0.1) is 0 Å². The number of hydrogen-bond acceptors (Lipinski definition) is 6. The molecule has 0 aliphatic heterocycles. The van der Waals surface area contributed by atoms with Gasteiger partial charge < -0.3 is 30.3 Å². The van der Waals surface area contributed by atoms with E-state index in [1.165, 1.54) is 35.9 Å². The fourth-order valence-electron chi connectivity index (χ4n) is 3.51. The van der Waals surface area contributed by atoms with Crippen molar-refractivity contribution in [2.75, 3.05) is 0 Å². The molecule has 5 N–H and O–H groups in total. The van der Waals surface area contributed by atoms with E-state index < -0.39 is 0 Å². The highest BCUT2D eigenvalue weighted by molar-refractivity contribution is 6.32. The number of halogens is 4. The van der Waals surface area contributed by atoms with Gasteiger partial charge in [0.2, 0.25) is 5.76 Å². The van der Waals surface area contributed by atoms with E-state index in [4.69, 9.17) is 51.1 Å². The summed E-state index contributed by atoms with van der Waals surface area (Å²) in [6, 6.07) is 5.41. The summed E-state index contributed by atoms with van der Waals surface area (Å²) in [5.74, 6) is -1.05. The van der Waals surface area contributed by atoms with Gasteiger partial charge in [0.25, 0.3) is 0 Å². The van der Waals surface area contributed by atoms with Crippen LogP contribution >= 0.6 is 46.4 Å². The van der Waals surface area contributed by atoms with Crippen LogP contribution in [0.15, 0.2) is 70.3 Å². The van der Waals surface area contributed by atoms with Gasteiger partial charge in [-0.05, 0) is 43.4 Å². The van der Waals surface area contributed by atoms with Crippen LogP contribution in [0.2, 0.25) is 10.0 Å². The van der Waals surface area contributed by atoms with Crippen LogP contribution in [0, 0.1) is 5.92 Å².